The summed E-state index contributed by atoms with van der Waals surface area (Å²) in [6, 6.07) is 8.66. The Bertz CT molecular complexity index is 851. The number of rotatable bonds is 5. The molecule has 0 fully saturated rings. The van der Waals surface area contributed by atoms with Gasteiger partial charge in [-0.1, -0.05) is 36.7 Å². The molecule has 136 valence electrons. The Morgan fingerprint density at radius 1 is 1.31 bits per heavy atom. The van der Waals surface area contributed by atoms with Gasteiger partial charge in [0, 0.05) is 16.4 Å². The second-order valence-corrected chi connectivity index (χ2v) is 6.30. The van der Waals surface area contributed by atoms with E-state index in [1.165, 1.54) is 0 Å². The number of hydrogen-bond acceptors (Lipinski definition) is 5. The average Bonchev–Trinajstić information content (AvgIpc) is 2.58. The molecule has 0 radical (unpaired) electrons. The average molecular weight is 375 g/mol. The van der Waals surface area contributed by atoms with Crippen molar-refractivity contribution in [3.8, 4) is 6.07 Å². The second kappa shape index (κ2) is 8.07. The van der Waals surface area contributed by atoms with Crippen LogP contribution in [0.5, 0.6) is 0 Å². The standard InChI is InChI=1S/C19H19ClN2O4/c1-4-12(9-21)26-19(25)16-11(3)22-10(2)15(18(23)24)17(16)13-7-5-6-8-14(13)20/h5-8,12,17,22H,4H2,1-3H3,(H,23,24). The Hall–Kier alpha value is -2.78. The van der Waals surface area contributed by atoms with Crippen LogP contribution in [-0.2, 0) is 14.3 Å². The molecule has 1 heterocycles. The third-order valence-corrected chi connectivity index (χ3v) is 4.54. The first-order valence-electron chi connectivity index (χ1n) is 8.08. The largest absolute Gasteiger partial charge is 0.478 e. The molecule has 6 nitrogen and oxygen atoms in total. The highest BCUT2D eigenvalue weighted by atomic mass is 35.5. The number of dihydropyridines is 1. The van der Waals surface area contributed by atoms with Crippen molar-refractivity contribution in [1.29, 1.82) is 5.26 Å². The van der Waals surface area contributed by atoms with Crippen molar-refractivity contribution >= 4 is 23.5 Å². The number of nitrogens with one attached hydrogen (secondary N) is 1. The van der Waals surface area contributed by atoms with Crippen LogP contribution in [-0.4, -0.2) is 23.1 Å². The third kappa shape index (κ3) is 3.73. The van der Waals surface area contributed by atoms with E-state index in [9.17, 15) is 14.7 Å². The summed E-state index contributed by atoms with van der Waals surface area (Å²) in [5.74, 6) is -2.80. The maximum atomic E-state index is 12.8. The van der Waals surface area contributed by atoms with E-state index >= 15 is 0 Å². The summed E-state index contributed by atoms with van der Waals surface area (Å²) in [6.07, 6.45) is -0.575. The normalized spacial score (nSPS) is 18.0. The smallest absolute Gasteiger partial charge is 0.338 e. The van der Waals surface area contributed by atoms with Crippen LogP contribution in [0.1, 0.15) is 38.7 Å². The first-order valence-corrected chi connectivity index (χ1v) is 8.46. The number of halogens is 1. The van der Waals surface area contributed by atoms with Crippen molar-refractivity contribution in [2.24, 2.45) is 0 Å². The van der Waals surface area contributed by atoms with Gasteiger partial charge in [-0.2, -0.15) is 5.26 Å². The molecule has 2 unspecified atom stereocenters. The molecule has 0 saturated heterocycles. The highest BCUT2D eigenvalue weighted by Gasteiger charge is 2.38. The van der Waals surface area contributed by atoms with Crippen molar-refractivity contribution in [3.63, 3.8) is 0 Å². The van der Waals surface area contributed by atoms with E-state index in [4.69, 9.17) is 21.6 Å². The minimum absolute atomic E-state index is 0.0145. The van der Waals surface area contributed by atoms with Crippen molar-refractivity contribution in [2.75, 3.05) is 0 Å². The highest BCUT2D eigenvalue weighted by molar-refractivity contribution is 6.31. The Labute approximate surface area is 156 Å². The number of carboxylic acids is 1. The number of carbonyl (C=O) groups is 2. The Kier molecular flexibility index (Phi) is 6.06. The number of nitrogens with zero attached hydrogens (tertiary/aromatic N) is 1. The topological polar surface area (TPSA) is 99.4 Å². The summed E-state index contributed by atoms with van der Waals surface area (Å²) in [5, 5.41) is 22.1. The monoisotopic (exact) mass is 374 g/mol. The molecule has 1 aliphatic rings. The second-order valence-electron chi connectivity index (χ2n) is 5.89. The maximum Gasteiger partial charge on any atom is 0.338 e. The molecule has 0 spiro atoms. The van der Waals surface area contributed by atoms with E-state index in [-0.39, 0.29) is 11.1 Å². The molecule has 26 heavy (non-hydrogen) atoms. The van der Waals surface area contributed by atoms with Gasteiger partial charge in [-0.05, 0) is 31.9 Å². The molecule has 0 bridgehead atoms. The predicted molar refractivity (Wildman–Crippen MR) is 96.1 cm³/mol. The fourth-order valence-electron chi connectivity index (χ4n) is 2.96. The van der Waals surface area contributed by atoms with Crippen LogP contribution in [0.2, 0.25) is 5.02 Å². The quantitative estimate of drug-likeness (QED) is 0.765. The van der Waals surface area contributed by atoms with Gasteiger partial charge >= 0.3 is 11.9 Å². The molecule has 1 aromatic rings. The fourth-order valence-corrected chi connectivity index (χ4v) is 3.21. The van der Waals surface area contributed by atoms with Gasteiger partial charge in [-0.25, -0.2) is 9.59 Å². The van der Waals surface area contributed by atoms with Gasteiger partial charge in [0.2, 0.25) is 0 Å². The first kappa shape index (κ1) is 19.5. The SMILES string of the molecule is CCC(C#N)OC(=O)C1=C(C)NC(C)=C(C(=O)O)C1c1ccccc1Cl. The van der Waals surface area contributed by atoms with Crippen LogP contribution in [0, 0.1) is 11.3 Å². The van der Waals surface area contributed by atoms with Gasteiger partial charge in [0.05, 0.1) is 17.1 Å². The summed E-state index contributed by atoms with van der Waals surface area (Å²) < 4.78 is 5.26. The summed E-state index contributed by atoms with van der Waals surface area (Å²) in [4.78, 5) is 24.7. The van der Waals surface area contributed by atoms with Gasteiger partial charge in [-0.15, -0.1) is 0 Å². The summed E-state index contributed by atoms with van der Waals surface area (Å²) >= 11 is 6.29. The summed E-state index contributed by atoms with van der Waals surface area (Å²) in [5.41, 5.74) is 1.53. The van der Waals surface area contributed by atoms with E-state index in [1.807, 2.05) is 6.07 Å². The molecule has 0 saturated carbocycles. The number of carbonyl (C=O) groups excluding carboxylic acids is 1. The van der Waals surface area contributed by atoms with E-state index in [2.05, 4.69) is 5.32 Å². The number of benzene rings is 1. The maximum absolute atomic E-state index is 12.8. The van der Waals surface area contributed by atoms with E-state index in [0.29, 0.717) is 28.4 Å². The lowest BCUT2D eigenvalue weighted by atomic mass is 9.80. The molecule has 2 atom stereocenters. The first-order chi connectivity index (χ1) is 12.3. The highest BCUT2D eigenvalue weighted by Crippen LogP contribution is 2.41. The fraction of sp³-hybridized carbons (Fsp3) is 0.316. The van der Waals surface area contributed by atoms with Gasteiger partial charge in [0.15, 0.2) is 6.10 Å². The molecule has 2 rings (SSSR count). The molecule has 1 aliphatic heterocycles. The number of aliphatic carboxylic acids is 1. The molecular formula is C19H19ClN2O4. The van der Waals surface area contributed by atoms with Crippen LogP contribution < -0.4 is 5.32 Å². The summed E-state index contributed by atoms with van der Waals surface area (Å²) in [6.45, 7) is 5.01. The Morgan fingerprint density at radius 3 is 2.46 bits per heavy atom. The van der Waals surface area contributed by atoms with Gasteiger partial charge < -0.3 is 15.2 Å². The Morgan fingerprint density at radius 2 is 1.92 bits per heavy atom. The molecule has 2 N–H and O–H groups in total. The van der Waals surface area contributed by atoms with Crippen LogP contribution in [0.25, 0.3) is 0 Å². The van der Waals surface area contributed by atoms with Crippen LogP contribution in [0.4, 0.5) is 0 Å². The minimum atomic E-state index is -1.16. The number of nitriles is 1. The van der Waals surface area contributed by atoms with E-state index in [1.54, 1.807) is 45.0 Å². The van der Waals surface area contributed by atoms with E-state index < -0.39 is 24.0 Å². The van der Waals surface area contributed by atoms with Gasteiger partial charge in [-0.3, -0.25) is 0 Å². The molecule has 1 aromatic carbocycles. The third-order valence-electron chi connectivity index (χ3n) is 4.19. The predicted octanol–water partition coefficient (Wildman–Crippen LogP) is 3.50. The number of ether oxygens (including phenoxy) is 1. The molecular weight excluding hydrogens is 356 g/mol. The number of hydrogen-bond donors (Lipinski definition) is 2. The molecule has 7 heteroatoms. The van der Waals surface area contributed by atoms with Crippen molar-refractivity contribution in [2.45, 2.75) is 39.2 Å². The van der Waals surface area contributed by atoms with Gasteiger partial charge in [0.25, 0.3) is 0 Å². The van der Waals surface area contributed by atoms with E-state index in [0.717, 1.165) is 0 Å². The lowest BCUT2D eigenvalue weighted by molar-refractivity contribution is -0.142. The zero-order valence-corrected chi connectivity index (χ0v) is 15.4. The number of esters is 1. The number of allylic oxidation sites excluding steroid dienone is 2. The van der Waals surface area contributed by atoms with Crippen LogP contribution in [0.3, 0.4) is 0 Å². The minimum Gasteiger partial charge on any atom is -0.478 e. The summed E-state index contributed by atoms with van der Waals surface area (Å²) in [7, 11) is 0. The molecule has 0 aromatic heterocycles. The van der Waals surface area contributed by atoms with Crippen molar-refractivity contribution in [1.82, 2.24) is 5.32 Å². The number of carboxylic acid groups (broad SMARTS) is 1. The molecule has 0 amide bonds. The zero-order valence-electron chi connectivity index (χ0n) is 14.7. The zero-order chi connectivity index (χ0) is 19.4. The molecule has 0 aliphatic carbocycles. The lowest BCUT2D eigenvalue weighted by Gasteiger charge is -2.30. The lowest BCUT2D eigenvalue weighted by Crippen LogP contribution is -2.33. The van der Waals surface area contributed by atoms with Crippen molar-refractivity contribution in [3.05, 3.63) is 57.4 Å². The Balaban J connectivity index is 2.62. The van der Waals surface area contributed by atoms with Gasteiger partial charge in [0.1, 0.15) is 6.07 Å². The van der Waals surface area contributed by atoms with Crippen LogP contribution in [0.15, 0.2) is 46.8 Å². The van der Waals surface area contributed by atoms with Crippen LogP contribution >= 0.6 is 11.6 Å². The van der Waals surface area contributed by atoms with Crippen molar-refractivity contribution < 1.29 is 19.4 Å².